The lowest BCUT2D eigenvalue weighted by molar-refractivity contribution is -0.143. The lowest BCUT2D eigenvalue weighted by Gasteiger charge is -2.18. The van der Waals surface area contributed by atoms with Gasteiger partial charge in [-0.2, -0.15) is 0 Å². The molecule has 0 aliphatic carbocycles. The third kappa shape index (κ3) is 4.53. The molecule has 0 aromatic rings. The van der Waals surface area contributed by atoms with Crippen LogP contribution >= 0.6 is 22.6 Å². The molecule has 12 heavy (non-hydrogen) atoms. The number of halogens is 1. The van der Waals surface area contributed by atoms with E-state index in [2.05, 4.69) is 0 Å². The minimum Gasteiger partial charge on any atom is -0.480 e. The standard InChI is InChI=1S/C7H12INO3/c1-2-3-9(5-7(11)12)6(10)4-8/h2-5H2,1H3,(H,11,12). The van der Waals surface area contributed by atoms with Gasteiger partial charge in [-0.1, -0.05) is 29.5 Å². The minimum absolute atomic E-state index is 0.111. The Morgan fingerprint density at radius 3 is 2.42 bits per heavy atom. The van der Waals surface area contributed by atoms with Crippen LogP contribution in [0, 0.1) is 0 Å². The maximum atomic E-state index is 11.1. The van der Waals surface area contributed by atoms with Gasteiger partial charge in [-0.05, 0) is 6.42 Å². The second kappa shape index (κ2) is 6.22. The lowest BCUT2D eigenvalue weighted by atomic mass is 10.4. The molecule has 0 unspecified atom stereocenters. The zero-order chi connectivity index (χ0) is 9.56. The fraction of sp³-hybridized carbons (Fsp3) is 0.714. The van der Waals surface area contributed by atoms with Gasteiger partial charge in [-0.15, -0.1) is 0 Å². The second-order valence-electron chi connectivity index (χ2n) is 2.34. The van der Waals surface area contributed by atoms with E-state index in [0.29, 0.717) is 11.0 Å². The van der Waals surface area contributed by atoms with Crippen LogP contribution in [0.25, 0.3) is 0 Å². The summed E-state index contributed by atoms with van der Waals surface area (Å²) in [4.78, 5) is 22.8. The van der Waals surface area contributed by atoms with Gasteiger partial charge in [-0.3, -0.25) is 9.59 Å². The molecule has 0 spiro atoms. The highest BCUT2D eigenvalue weighted by Gasteiger charge is 2.13. The van der Waals surface area contributed by atoms with Crippen LogP contribution in [0.2, 0.25) is 0 Å². The van der Waals surface area contributed by atoms with Gasteiger partial charge < -0.3 is 10.0 Å². The molecule has 4 nitrogen and oxygen atoms in total. The zero-order valence-corrected chi connectivity index (χ0v) is 9.07. The molecule has 0 heterocycles. The number of rotatable bonds is 5. The van der Waals surface area contributed by atoms with Crippen molar-refractivity contribution in [1.29, 1.82) is 0 Å². The number of amides is 1. The molecule has 0 aliphatic heterocycles. The summed E-state index contributed by atoms with van der Waals surface area (Å²) < 4.78 is 0.338. The van der Waals surface area contributed by atoms with Gasteiger partial charge in [0.05, 0.1) is 4.43 Å². The Morgan fingerprint density at radius 1 is 1.50 bits per heavy atom. The molecule has 70 valence electrons. The molecule has 1 amide bonds. The van der Waals surface area contributed by atoms with Crippen molar-refractivity contribution in [1.82, 2.24) is 4.90 Å². The summed E-state index contributed by atoms with van der Waals surface area (Å²) in [6.07, 6.45) is 0.787. The topological polar surface area (TPSA) is 57.6 Å². The van der Waals surface area contributed by atoms with Crippen molar-refractivity contribution in [3.8, 4) is 0 Å². The summed E-state index contributed by atoms with van der Waals surface area (Å²) in [7, 11) is 0. The smallest absolute Gasteiger partial charge is 0.323 e. The highest BCUT2D eigenvalue weighted by molar-refractivity contribution is 14.1. The molecular formula is C7H12INO3. The monoisotopic (exact) mass is 285 g/mol. The number of carboxylic acid groups (broad SMARTS) is 1. The molecule has 0 aromatic heterocycles. The third-order valence-electron chi connectivity index (χ3n) is 1.29. The first kappa shape index (κ1) is 11.7. The number of hydrogen-bond donors (Lipinski definition) is 1. The van der Waals surface area contributed by atoms with Gasteiger partial charge in [0.25, 0.3) is 0 Å². The fourth-order valence-electron chi connectivity index (χ4n) is 0.810. The van der Waals surface area contributed by atoms with Gasteiger partial charge in [0.15, 0.2) is 0 Å². The second-order valence-corrected chi connectivity index (χ2v) is 3.11. The minimum atomic E-state index is -0.957. The number of nitrogens with zero attached hydrogens (tertiary/aromatic N) is 1. The van der Waals surface area contributed by atoms with E-state index in [4.69, 9.17) is 5.11 Å². The molecule has 0 radical (unpaired) electrons. The zero-order valence-electron chi connectivity index (χ0n) is 6.92. The average Bonchev–Trinajstić information content (AvgIpc) is 2.01. The van der Waals surface area contributed by atoms with Gasteiger partial charge in [0.1, 0.15) is 6.54 Å². The molecular weight excluding hydrogens is 273 g/mol. The summed E-state index contributed by atoms with van der Waals surface area (Å²) >= 11 is 1.93. The first-order valence-corrected chi connectivity index (χ1v) is 5.19. The molecule has 0 aromatic carbocycles. The number of hydrogen-bond acceptors (Lipinski definition) is 2. The Balaban J connectivity index is 4.02. The van der Waals surface area contributed by atoms with Crippen LogP contribution in [0.15, 0.2) is 0 Å². The average molecular weight is 285 g/mol. The van der Waals surface area contributed by atoms with Crippen molar-refractivity contribution in [3.05, 3.63) is 0 Å². The van der Waals surface area contributed by atoms with E-state index < -0.39 is 5.97 Å². The quantitative estimate of drug-likeness (QED) is 0.599. The van der Waals surface area contributed by atoms with Crippen LogP contribution in [0.5, 0.6) is 0 Å². The summed E-state index contributed by atoms with van der Waals surface area (Å²) in [5.41, 5.74) is 0. The summed E-state index contributed by atoms with van der Waals surface area (Å²) in [5, 5.41) is 8.46. The molecule has 0 rings (SSSR count). The Labute approximate surface area is 85.1 Å². The Morgan fingerprint density at radius 2 is 2.08 bits per heavy atom. The largest absolute Gasteiger partial charge is 0.480 e. The highest BCUT2D eigenvalue weighted by Crippen LogP contribution is 1.95. The molecule has 0 saturated carbocycles. The van der Waals surface area contributed by atoms with Crippen LogP contribution in [0.1, 0.15) is 13.3 Å². The van der Waals surface area contributed by atoms with Crippen LogP contribution in [0.4, 0.5) is 0 Å². The summed E-state index contributed by atoms with van der Waals surface area (Å²) in [6.45, 7) is 2.25. The maximum absolute atomic E-state index is 11.1. The molecule has 0 bridgehead atoms. The predicted molar refractivity (Wildman–Crippen MR) is 53.4 cm³/mol. The van der Waals surface area contributed by atoms with E-state index in [1.807, 2.05) is 29.5 Å². The number of alkyl halides is 1. The molecule has 1 N–H and O–H groups in total. The molecule has 0 fully saturated rings. The number of carbonyl (C=O) groups excluding carboxylic acids is 1. The van der Waals surface area contributed by atoms with Gasteiger partial charge in [0.2, 0.25) is 5.91 Å². The SMILES string of the molecule is CCCN(CC(=O)O)C(=O)CI. The van der Waals surface area contributed by atoms with E-state index >= 15 is 0 Å². The van der Waals surface area contributed by atoms with Gasteiger partial charge in [0, 0.05) is 6.54 Å². The first-order chi connectivity index (χ1) is 5.61. The van der Waals surface area contributed by atoms with E-state index in [0.717, 1.165) is 6.42 Å². The maximum Gasteiger partial charge on any atom is 0.323 e. The Hall–Kier alpha value is -0.330. The third-order valence-corrected chi connectivity index (χ3v) is 1.94. The molecule has 5 heteroatoms. The highest BCUT2D eigenvalue weighted by atomic mass is 127. The molecule has 0 saturated heterocycles. The van der Waals surface area contributed by atoms with E-state index in [1.165, 1.54) is 4.90 Å². The van der Waals surface area contributed by atoms with E-state index in [9.17, 15) is 9.59 Å². The normalized spacial score (nSPS) is 9.50. The number of carboxylic acids is 1. The fourth-order valence-corrected chi connectivity index (χ4v) is 1.29. The Bertz CT molecular complexity index is 172. The van der Waals surface area contributed by atoms with Crippen molar-refractivity contribution in [2.75, 3.05) is 17.5 Å². The predicted octanol–water partition coefficient (Wildman–Crippen LogP) is 0.745. The van der Waals surface area contributed by atoms with Crippen molar-refractivity contribution in [2.45, 2.75) is 13.3 Å². The van der Waals surface area contributed by atoms with Crippen molar-refractivity contribution < 1.29 is 14.7 Å². The number of carbonyl (C=O) groups is 2. The van der Waals surface area contributed by atoms with E-state index in [1.54, 1.807) is 0 Å². The van der Waals surface area contributed by atoms with Crippen LogP contribution in [0.3, 0.4) is 0 Å². The molecule has 0 atom stereocenters. The van der Waals surface area contributed by atoms with Crippen molar-refractivity contribution in [2.24, 2.45) is 0 Å². The van der Waals surface area contributed by atoms with Crippen LogP contribution in [-0.4, -0.2) is 39.4 Å². The first-order valence-electron chi connectivity index (χ1n) is 3.67. The lowest BCUT2D eigenvalue weighted by Crippen LogP contribution is -2.36. The summed E-state index contributed by atoms with van der Waals surface area (Å²) in [5.74, 6) is -1.07. The van der Waals surface area contributed by atoms with Crippen molar-refractivity contribution >= 4 is 34.5 Å². The van der Waals surface area contributed by atoms with E-state index in [-0.39, 0.29) is 12.5 Å². The summed E-state index contributed by atoms with van der Waals surface area (Å²) in [6, 6.07) is 0. The Kier molecular flexibility index (Phi) is 6.04. The molecule has 0 aliphatic rings. The van der Waals surface area contributed by atoms with Crippen molar-refractivity contribution in [3.63, 3.8) is 0 Å². The van der Waals surface area contributed by atoms with Crippen LogP contribution < -0.4 is 0 Å². The van der Waals surface area contributed by atoms with Gasteiger partial charge >= 0.3 is 5.97 Å². The van der Waals surface area contributed by atoms with Crippen LogP contribution in [-0.2, 0) is 9.59 Å². The number of aliphatic carboxylic acids is 1. The van der Waals surface area contributed by atoms with Gasteiger partial charge in [-0.25, -0.2) is 0 Å².